The molecule has 25 heavy (non-hydrogen) atoms. The van der Waals surface area contributed by atoms with Gasteiger partial charge in [-0.05, 0) is 24.3 Å². The normalized spacial score (nSPS) is 10.2. The number of carbonyl (C=O) groups excluding carboxylic acids is 2. The summed E-state index contributed by atoms with van der Waals surface area (Å²) >= 11 is 5.71. The zero-order chi connectivity index (χ0) is 18.6. The molecular formula is C15H9ClF2N2O5. The Hall–Kier alpha value is -3.07. The minimum absolute atomic E-state index is 0.146. The lowest BCUT2D eigenvalue weighted by atomic mass is 10.2. The quantitative estimate of drug-likeness (QED) is 0.494. The molecule has 0 spiro atoms. The van der Waals surface area contributed by atoms with Crippen LogP contribution in [0.2, 0.25) is 5.02 Å². The maximum atomic E-state index is 13.0. The second-order valence-electron chi connectivity index (χ2n) is 4.70. The first-order valence-electron chi connectivity index (χ1n) is 6.63. The van der Waals surface area contributed by atoms with E-state index in [0.29, 0.717) is 6.07 Å². The monoisotopic (exact) mass is 370 g/mol. The van der Waals surface area contributed by atoms with Gasteiger partial charge in [-0.3, -0.25) is 14.9 Å². The highest BCUT2D eigenvalue weighted by Gasteiger charge is 2.18. The number of rotatable bonds is 5. The third kappa shape index (κ3) is 4.95. The topological polar surface area (TPSA) is 98.5 Å². The molecule has 0 aliphatic carbocycles. The molecule has 130 valence electrons. The van der Waals surface area contributed by atoms with E-state index in [1.54, 1.807) is 0 Å². The van der Waals surface area contributed by atoms with Gasteiger partial charge in [-0.25, -0.2) is 13.6 Å². The third-order valence-corrected chi connectivity index (χ3v) is 3.10. The molecule has 0 bridgehead atoms. The van der Waals surface area contributed by atoms with Crippen LogP contribution in [0, 0.1) is 21.7 Å². The van der Waals surface area contributed by atoms with E-state index in [1.807, 2.05) is 0 Å². The van der Waals surface area contributed by atoms with E-state index in [4.69, 9.17) is 11.6 Å². The molecule has 0 saturated carbocycles. The summed E-state index contributed by atoms with van der Waals surface area (Å²) in [6, 6.07) is 5.58. The van der Waals surface area contributed by atoms with Crippen molar-refractivity contribution >= 4 is 34.9 Å². The molecule has 0 heterocycles. The summed E-state index contributed by atoms with van der Waals surface area (Å²) in [5.41, 5.74) is -1.01. The van der Waals surface area contributed by atoms with Crippen LogP contribution < -0.4 is 5.32 Å². The first-order chi connectivity index (χ1) is 11.8. The minimum Gasteiger partial charge on any atom is -0.452 e. The predicted octanol–water partition coefficient (Wildman–Crippen LogP) is 3.32. The molecule has 0 aliphatic heterocycles. The minimum atomic E-state index is -1.13. The van der Waals surface area contributed by atoms with Gasteiger partial charge < -0.3 is 10.1 Å². The Balaban J connectivity index is 2.02. The molecular weight excluding hydrogens is 362 g/mol. The number of nitrogens with zero attached hydrogens (tertiary/aromatic N) is 1. The number of amides is 1. The van der Waals surface area contributed by atoms with Crippen molar-refractivity contribution in [3.05, 3.63) is 68.7 Å². The number of benzene rings is 2. The lowest BCUT2D eigenvalue weighted by molar-refractivity contribution is -0.383. The summed E-state index contributed by atoms with van der Waals surface area (Å²) in [6.45, 7) is -0.819. The van der Waals surface area contributed by atoms with Crippen LogP contribution in [0.5, 0.6) is 0 Å². The Labute approximate surface area is 144 Å². The van der Waals surface area contributed by atoms with Crippen molar-refractivity contribution in [1.82, 2.24) is 0 Å². The Kier molecular flexibility index (Phi) is 5.60. The first kappa shape index (κ1) is 18.3. The van der Waals surface area contributed by atoms with Crippen molar-refractivity contribution in [3.63, 3.8) is 0 Å². The van der Waals surface area contributed by atoms with Gasteiger partial charge in [0, 0.05) is 17.2 Å². The second-order valence-corrected chi connectivity index (χ2v) is 5.14. The number of ether oxygens (including phenoxy) is 1. The van der Waals surface area contributed by atoms with Gasteiger partial charge in [0.25, 0.3) is 11.6 Å². The van der Waals surface area contributed by atoms with E-state index in [-0.39, 0.29) is 10.7 Å². The van der Waals surface area contributed by atoms with Gasteiger partial charge >= 0.3 is 5.97 Å². The summed E-state index contributed by atoms with van der Waals surface area (Å²) in [6.07, 6.45) is 0. The number of hydrogen-bond acceptors (Lipinski definition) is 5. The van der Waals surface area contributed by atoms with Crippen LogP contribution in [0.15, 0.2) is 36.4 Å². The summed E-state index contributed by atoms with van der Waals surface area (Å²) in [4.78, 5) is 33.6. The average Bonchev–Trinajstić information content (AvgIpc) is 2.51. The van der Waals surface area contributed by atoms with E-state index in [0.717, 1.165) is 24.3 Å². The van der Waals surface area contributed by atoms with Crippen LogP contribution in [-0.4, -0.2) is 23.4 Å². The lowest BCUT2D eigenvalue weighted by Gasteiger charge is -2.08. The van der Waals surface area contributed by atoms with Crippen LogP contribution in [0.1, 0.15) is 10.4 Å². The highest BCUT2D eigenvalue weighted by Crippen LogP contribution is 2.27. The lowest BCUT2D eigenvalue weighted by Crippen LogP contribution is -2.21. The molecule has 7 nitrogen and oxygen atoms in total. The van der Waals surface area contributed by atoms with Crippen molar-refractivity contribution in [2.24, 2.45) is 0 Å². The molecule has 1 amide bonds. The molecule has 1 N–H and O–H groups in total. The first-order valence-corrected chi connectivity index (χ1v) is 7.01. The van der Waals surface area contributed by atoms with Gasteiger partial charge in [0.1, 0.15) is 17.3 Å². The van der Waals surface area contributed by atoms with Gasteiger partial charge in [-0.15, -0.1) is 0 Å². The molecule has 0 aliphatic rings. The van der Waals surface area contributed by atoms with Crippen molar-refractivity contribution in [2.75, 3.05) is 11.9 Å². The van der Waals surface area contributed by atoms with Crippen molar-refractivity contribution < 1.29 is 28.0 Å². The maximum absolute atomic E-state index is 13.0. The molecule has 0 fully saturated rings. The molecule has 0 radical (unpaired) electrons. The van der Waals surface area contributed by atoms with E-state index in [9.17, 15) is 28.5 Å². The second kappa shape index (κ2) is 7.67. The van der Waals surface area contributed by atoms with Crippen molar-refractivity contribution in [3.8, 4) is 0 Å². The summed E-state index contributed by atoms with van der Waals surface area (Å²) < 4.78 is 30.7. The molecule has 0 unspecified atom stereocenters. The SMILES string of the molecule is O=C(COC(=O)c1cc(F)cc(F)c1)Nc1cc(Cl)ccc1[N+](=O)[O-]. The number of nitrogens with one attached hydrogen (secondary N) is 1. The Morgan fingerprint density at radius 3 is 2.40 bits per heavy atom. The number of esters is 1. The van der Waals surface area contributed by atoms with Gasteiger partial charge in [-0.2, -0.15) is 0 Å². The summed E-state index contributed by atoms with van der Waals surface area (Å²) in [7, 11) is 0. The molecule has 2 rings (SSSR count). The van der Waals surface area contributed by atoms with Crippen molar-refractivity contribution in [1.29, 1.82) is 0 Å². The van der Waals surface area contributed by atoms with E-state index in [2.05, 4.69) is 10.1 Å². The van der Waals surface area contributed by atoms with Crippen LogP contribution >= 0.6 is 11.6 Å². The predicted molar refractivity (Wildman–Crippen MR) is 83.4 cm³/mol. The maximum Gasteiger partial charge on any atom is 0.338 e. The van der Waals surface area contributed by atoms with Crippen LogP contribution in [-0.2, 0) is 9.53 Å². The smallest absolute Gasteiger partial charge is 0.338 e. The van der Waals surface area contributed by atoms with E-state index in [1.165, 1.54) is 6.07 Å². The Bertz CT molecular complexity index is 840. The third-order valence-electron chi connectivity index (χ3n) is 2.86. The van der Waals surface area contributed by atoms with Gasteiger partial charge in [0.15, 0.2) is 6.61 Å². The fourth-order valence-electron chi connectivity index (χ4n) is 1.84. The summed E-state index contributed by atoms with van der Waals surface area (Å²) in [5, 5.41) is 13.2. The molecule has 10 heteroatoms. The fraction of sp³-hybridized carbons (Fsp3) is 0.0667. The standard InChI is InChI=1S/C15H9ClF2N2O5/c16-9-1-2-13(20(23)24)12(5-9)19-14(21)7-25-15(22)8-3-10(17)6-11(18)4-8/h1-6H,7H2,(H,19,21). The molecule has 0 aromatic heterocycles. The van der Waals surface area contributed by atoms with E-state index >= 15 is 0 Å². The van der Waals surface area contributed by atoms with Crippen molar-refractivity contribution in [2.45, 2.75) is 0 Å². The van der Waals surface area contributed by atoms with Crippen LogP contribution in [0.3, 0.4) is 0 Å². The number of hydrogen-bond donors (Lipinski definition) is 1. The number of anilines is 1. The molecule has 2 aromatic carbocycles. The van der Waals surface area contributed by atoms with Gasteiger partial charge in [0.05, 0.1) is 10.5 Å². The highest BCUT2D eigenvalue weighted by molar-refractivity contribution is 6.31. The molecule has 2 aromatic rings. The average molecular weight is 371 g/mol. The highest BCUT2D eigenvalue weighted by atomic mass is 35.5. The fourth-order valence-corrected chi connectivity index (χ4v) is 2.01. The van der Waals surface area contributed by atoms with E-state index < -0.39 is 46.3 Å². The van der Waals surface area contributed by atoms with Crippen LogP contribution in [0.4, 0.5) is 20.2 Å². The Morgan fingerprint density at radius 2 is 1.80 bits per heavy atom. The zero-order valence-electron chi connectivity index (χ0n) is 12.3. The zero-order valence-corrected chi connectivity index (χ0v) is 13.0. The number of halogens is 3. The van der Waals surface area contributed by atoms with Gasteiger partial charge in [0.2, 0.25) is 0 Å². The summed E-state index contributed by atoms with van der Waals surface area (Å²) in [5.74, 6) is -3.98. The van der Waals surface area contributed by atoms with Crippen LogP contribution in [0.25, 0.3) is 0 Å². The largest absolute Gasteiger partial charge is 0.452 e. The number of nitro benzene ring substituents is 1. The molecule has 0 atom stereocenters. The molecule has 0 saturated heterocycles. The van der Waals surface area contributed by atoms with Gasteiger partial charge in [-0.1, -0.05) is 11.6 Å². The Morgan fingerprint density at radius 1 is 1.16 bits per heavy atom. The number of nitro groups is 1. The number of carbonyl (C=O) groups is 2.